The maximum absolute atomic E-state index is 4.60. The molecular formula is C15H17Cl2N5V. The minimum atomic E-state index is 0. The van der Waals surface area contributed by atoms with Gasteiger partial charge in [0.2, 0.25) is 0 Å². The van der Waals surface area contributed by atoms with Crippen LogP contribution in [0.5, 0.6) is 0 Å². The molecule has 1 radical (unpaired) electrons. The van der Waals surface area contributed by atoms with Crippen molar-refractivity contribution < 1.29 is 43.4 Å². The van der Waals surface area contributed by atoms with E-state index in [-0.39, 0.29) is 55.5 Å². The first-order valence-corrected chi connectivity index (χ1v) is 6.78. The fourth-order valence-corrected chi connectivity index (χ4v) is 2.06. The third-order valence-corrected chi connectivity index (χ3v) is 3.61. The summed E-state index contributed by atoms with van der Waals surface area (Å²) in [6, 6.07) is 6.07. The van der Waals surface area contributed by atoms with Crippen LogP contribution in [0.4, 0.5) is 0 Å². The van der Waals surface area contributed by atoms with E-state index in [1.54, 1.807) is 0 Å². The monoisotopic (exact) mass is 388 g/mol. The van der Waals surface area contributed by atoms with Crippen LogP contribution in [0.3, 0.4) is 0 Å². The van der Waals surface area contributed by atoms with Crippen molar-refractivity contribution in [2.24, 2.45) is 20.0 Å². The minimum Gasteiger partial charge on any atom is -1.00 e. The Morgan fingerprint density at radius 3 is 1.48 bits per heavy atom. The van der Waals surface area contributed by atoms with Crippen molar-refractivity contribution in [2.45, 2.75) is 39.8 Å². The van der Waals surface area contributed by atoms with Gasteiger partial charge in [-0.1, -0.05) is 6.07 Å². The van der Waals surface area contributed by atoms with Crippen LogP contribution in [0, 0.1) is 0 Å². The second-order valence-corrected chi connectivity index (χ2v) is 5.17. The van der Waals surface area contributed by atoms with Crippen molar-refractivity contribution >= 4 is 23.1 Å². The number of aliphatic imine (C=N–C) groups is 4. The predicted molar refractivity (Wildman–Crippen MR) is 82.5 cm³/mol. The zero-order chi connectivity index (χ0) is 14.3. The van der Waals surface area contributed by atoms with E-state index in [0.717, 1.165) is 22.8 Å². The Morgan fingerprint density at radius 1 is 0.783 bits per heavy atom. The number of amidine groups is 2. The summed E-state index contributed by atoms with van der Waals surface area (Å²) in [4.78, 5) is 22.6. The summed E-state index contributed by atoms with van der Waals surface area (Å²) in [5.74, 6) is 1.40. The fourth-order valence-electron chi connectivity index (χ4n) is 2.06. The molecule has 3 rings (SSSR count). The molecule has 0 aliphatic carbocycles. The fraction of sp³-hybridized carbons (Fsp3) is 0.400. The number of pyridine rings is 1. The Kier molecular flexibility index (Phi) is 8.35. The van der Waals surface area contributed by atoms with Crippen molar-refractivity contribution in [3.8, 4) is 0 Å². The molecule has 5 nitrogen and oxygen atoms in total. The van der Waals surface area contributed by atoms with Crippen LogP contribution in [0.15, 0.2) is 38.2 Å². The van der Waals surface area contributed by atoms with Gasteiger partial charge >= 0.3 is 18.6 Å². The third kappa shape index (κ3) is 4.51. The zero-order valence-electron chi connectivity index (χ0n) is 13.3. The molecule has 0 amide bonds. The van der Waals surface area contributed by atoms with Gasteiger partial charge in [-0.05, 0) is 39.8 Å². The number of hydrogen-bond acceptors (Lipinski definition) is 5. The molecule has 0 saturated heterocycles. The first-order chi connectivity index (χ1) is 9.54. The van der Waals surface area contributed by atoms with Crippen LogP contribution in [0.1, 0.15) is 39.1 Å². The van der Waals surface area contributed by atoms with Gasteiger partial charge in [-0.25, -0.2) is 15.0 Å². The molecule has 0 aromatic carbocycles. The van der Waals surface area contributed by atoms with Crippen molar-refractivity contribution in [3.05, 3.63) is 29.6 Å². The summed E-state index contributed by atoms with van der Waals surface area (Å²) in [6.45, 7) is 8.04. The van der Waals surface area contributed by atoms with Gasteiger partial charge in [-0.15, -0.1) is 0 Å². The summed E-state index contributed by atoms with van der Waals surface area (Å²) >= 11 is 0. The van der Waals surface area contributed by atoms with Gasteiger partial charge in [0.25, 0.3) is 0 Å². The molecule has 2 unspecified atom stereocenters. The predicted octanol–water partition coefficient (Wildman–Crippen LogP) is -3.69. The first-order valence-electron chi connectivity index (χ1n) is 6.78. The smallest absolute Gasteiger partial charge is 1.00 e. The molecular weight excluding hydrogens is 372 g/mol. The van der Waals surface area contributed by atoms with Gasteiger partial charge in [0.15, 0.2) is 11.7 Å². The summed E-state index contributed by atoms with van der Waals surface area (Å²) in [7, 11) is 0. The zero-order valence-corrected chi connectivity index (χ0v) is 16.2. The Labute approximate surface area is 160 Å². The molecule has 8 heteroatoms. The summed E-state index contributed by atoms with van der Waals surface area (Å²) in [6.07, 6.45) is 0. The normalized spacial score (nSPS) is 21.9. The van der Waals surface area contributed by atoms with E-state index in [0.29, 0.717) is 11.7 Å². The Morgan fingerprint density at radius 2 is 1.17 bits per heavy atom. The van der Waals surface area contributed by atoms with E-state index in [4.69, 9.17) is 0 Å². The molecule has 0 fully saturated rings. The Hall–Kier alpha value is -1.01. The number of hydrogen-bond donors (Lipinski definition) is 0. The maximum Gasteiger partial charge on any atom is 2.00 e. The van der Waals surface area contributed by atoms with Crippen LogP contribution >= 0.6 is 0 Å². The molecule has 23 heavy (non-hydrogen) atoms. The standard InChI is InChI=1S/C15H17N5.2ClH.V/c1-8-9(2)17-14(16-8)12-6-5-7-13(20-12)15-18-10(3)11(4)19-15;;;/h5-8,10H,1-4H3;2*1H;/q;;;+2/p-2. The molecule has 0 spiro atoms. The van der Waals surface area contributed by atoms with Crippen LogP contribution < -0.4 is 24.8 Å². The molecule has 0 saturated carbocycles. The van der Waals surface area contributed by atoms with E-state index in [1.165, 1.54) is 0 Å². The Balaban J connectivity index is 0.00000161. The number of nitrogens with zero attached hydrogens (tertiary/aromatic N) is 5. The average Bonchev–Trinajstić information content (AvgIpc) is 2.94. The van der Waals surface area contributed by atoms with E-state index in [1.807, 2.05) is 45.9 Å². The molecule has 121 valence electrons. The SMILES string of the molecule is CC1=NC(c2cccc(C3=NC(C)C(C)=N3)n2)=NC1C.[Cl-].[Cl-].[V+2]. The van der Waals surface area contributed by atoms with Crippen molar-refractivity contribution in [2.75, 3.05) is 0 Å². The number of aromatic nitrogens is 1. The van der Waals surface area contributed by atoms with Crippen LogP contribution in [-0.4, -0.2) is 40.2 Å². The maximum atomic E-state index is 4.60. The van der Waals surface area contributed by atoms with Gasteiger partial charge in [0.1, 0.15) is 11.4 Å². The van der Waals surface area contributed by atoms with Crippen molar-refractivity contribution in [3.63, 3.8) is 0 Å². The summed E-state index contributed by atoms with van der Waals surface area (Å²) in [5.41, 5.74) is 3.60. The van der Waals surface area contributed by atoms with E-state index in [9.17, 15) is 0 Å². The summed E-state index contributed by atoms with van der Waals surface area (Å²) in [5, 5.41) is 0. The van der Waals surface area contributed by atoms with Crippen LogP contribution in [-0.2, 0) is 18.6 Å². The van der Waals surface area contributed by atoms with Gasteiger partial charge < -0.3 is 24.8 Å². The van der Waals surface area contributed by atoms with E-state index >= 15 is 0 Å². The molecule has 0 N–H and O–H groups in total. The molecule has 1 aromatic heterocycles. The van der Waals surface area contributed by atoms with Crippen molar-refractivity contribution in [1.29, 1.82) is 0 Å². The van der Waals surface area contributed by atoms with E-state index in [2.05, 4.69) is 25.0 Å². The van der Waals surface area contributed by atoms with Gasteiger partial charge in [-0.3, -0.25) is 9.98 Å². The second-order valence-electron chi connectivity index (χ2n) is 5.17. The first kappa shape index (κ1) is 22.0. The minimum absolute atomic E-state index is 0. The van der Waals surface area contributed by atoms with Gasteiger partial charge in [0.05, 0.1) is 12.1 Å². The topological polar surface area (TPSA) is 62.3 Å². The molecule has 3 heterocycles. The number of halogens is 2. The quantitative estimate of drug-likeness (QED) is 0.514. The van der Waals surface area contributed by atoms with Crippen LogP contribution in [0.25, 0.3) is 0 Å². The van der Waals surface area contributed by atoms with Crippen LogP contribution in [0.2, 0.25) is 0 Å². The molecule has 0 bridgehead atoms. The Bertz CT molecular complexity index is 642. The molecule has 2 aliphatic heterocycles. The van der Waals surface area contributed by atoms with E-state index < -0.39 is 0 Å². The van der Waals surface area contributed by atoms with Gasteiger partial charge in [-0.2, -0.15) is 0 Å². The molecule has 2 atom stereocenters. The van der Waals surface area contributed by atoms with Gasteiger partial charge in [0, 0.05) is 11.4 Å². The largest absolute Gasteiger partial charge is 2.00 e. The second kappa shape index (κ2) is 8.74. The third-order valence-electron chi connectivity index (χ3n) is 3.61. The molecule has 1 aromatic rings. The average molecular weight is 389 g/mol. The molecule has 2 aliphatic rings. The van der Waals surface area contributed by atoms with Crippen molar-refractivity contribution in [1.82, 2.24) is 4.98 Å². The number of rotatable bonds is 2. The summed E-state index contributed by atoms with van der Waals surface area (Å²) < 4.78 is 0.